The molecule has 0 radical (unpaired) electrons. The topological polar surface area (TPSA) is 97.4 Å². The number of methoxy groups -OCH3 is 1. The van der Waals surface area contributed by atoms with Crippen LogP contribution in [0.2, 0.25) is 0 Å². The van der Waals surface area contributed by atoms with Gasteiger partial charge in [0.05, 0.1) is 12.0 Å². The van der Waals surface area contributed by atoms with Gasteiger partial charge in [0.2, 0.25) is 10.0 Å². The van der Waals surface area contributed by atoms with Crippen LogP contribution in [0.4, 0.5) is 5.82 Å². The van der Waals surface area contributed by atoms with Gasteiger partial charge in [-0.15, -0.1) is 0 Å². The lowest BCUT2D eigenvalue weighted by Gasteiger charge is -2.12. The fraction of sp³-hybridized carbons (Fsp3) is 0.294. The van der Waals surface area contributed by atoms with Crippen LogP contribution in [0.25, 0.3) is 0 Å². The summed E-state index contributed by atoms with van der Waals surface area (Å²) in [7, 11) is -2.11. The van der Waals surface area contributed by atoms with Crippen LogP contribution in [-0.4, -0.2) is 32.5 Å². The summed E-state index contributed by atoms with van der Waals surface area (Å²) in [6, 6.07) is 8.91. The summed E-state index contributed by atoms with van der Waals surface area (Å²) in [5, 5.41) is 2.64. The largest absolute Gasteiger partial charge is 0.493 e. The molecule has 2 N–H and O–H groups in total. The Morgan fingerprint density at radius 3 is 2.52 bits per heavy atom. The average molecular weight is 363 g/mol. The zero-order valence-electron chi connectivity index (χ0n) is 14.3. The van der Waals surface area contributed by atoms with Crippen LogP contribution in [0, 0.1) is 0 Å². The Hall–Kier alpha value is -2.45. The number of hydrogen-bond acceptors (Lipinski definition) is 5. The molecule has 1 amide bonds. The molecule has 0 saturated carbocycles. The molecule has 25 heavy (non-hydrogen) atoms. The third-order valence-corrected chi connectivity index (χ3v) is 5.22. The normalized spacial score (nSPS) is 12.4. The van der Waals surface area contributed by atoms with Gasteiger partial charge in [0.15, 0.2) is 11.6 Å². The molecule has 134 valence electrons. The maximum absolute atomic E-state index is 12.3. The highest BCUT2D eigenvalue weighted by Gasteiger charge is 2.17. The molecule has 0 aliphatic heterocycles. The molecular formula is C17H21N3O4S. The maximum atomic E-state index is 12.3. The molecule has 0 saturated heterocycles. The van der Waals surface area contributed by atoms with Gasteiger partial charge in [-0.3, -0.25) is 4.79 Å². The molecule has 1 aromatic heterocycles. The summed E-state index contributed by atoms with van der Waals surface area (Å²) in [4.78, 5) is 16.5. The fourth-order valence-electron chi connectivity index (χ4n) is 2.03. The Morgan fingerprint density at radius 1 is 1.24 bits per heavy atom. The van der Waals surface area contributed by atoms with Crippen molar-refractivity contribution in [1.29, 1.82) is 0 Å². The minimum atomic E-state index is -3.60. The summed E-state index contributed by atoms with van der Waals surface area (Å²) in [5.41, 5.74) is 0.315. The van der Waals surface area contributed by atoms with Crippen molar-refractivity contribution in [3.05, 3.63) is 48.2 Å². The van der Waals surface area contributed by atoms with E-state index in [0.29, 0.717) is 23.6 Å². The number of aromatic nitrogens is 1. The number of anilines is 1. The fourth-order valence-corrected chi connectivity index (χ4v) is 3.36. The summed E-state index contributed by atoms with van der Waals surface area (Å²) in [6.07, 6.45) is 2.22. The Labute approximate surface area is 147 Å². The van der Waals surface area contributed by atoms with E-state index in [2.05, 4.69) is 15.0 Å². The molecule has 0 fully saturated rings. The van der Waals surface area contributed by atoms with E-state index in [1.807, 2.05) is 6.92 Å². The van der Waals surface area contributed by atoms with Crippen LogP contribution in [0.3, 0.4) is 0 Å². The standard InChI is InChI=1S/C17H21N3O4S/c1-4-12(2)20-25(22,23)14-9-7-13(8-10-14)17(21)19-16-15(24-3)6-5-11-18-16/h5-12,20H,4H2,1-3H3,(H,18,19,21). The van der Waals surface area contributed by atoms with Gasteiger partial charge >= 0.3 is 0 Å². The molecule has 1 unspecified atom stereocenters. The molecule has 0 spiro atoms. The zero-order valence-corrected chi connectivity index (χ0v) is 15.1. The highest BCUT2D eigenvalue weighted by Crippen LogP contribution is 2.21. The summed E-state index contributed by atoms with van der Waals surface area (Å²) >= 11 is 0. The molecule has 0 aliphatic carbocycles. The number of pyridine rings is 1. The van der Waals surface area contributed by atoms with Gasteiger partial charge in [0.25, 0.3) is 5.91 Å². The lowest BCUT2D eigenvalue weighted by molar-refractivity contribution is 0.102. The lowest BCUT2D eigenvalue weighted by Crippen LogP contribution is -2.32. The second-order valence-corrected chi connectivity index (χ2v) is 7.18. The van der Waals surface area contributed by atoms with Crippen molar-refractivity contribution in [1.82, 2.24) is 9.71 Å². The van der Waals surface area contributed by atoms with Crippen molar-refractivity contribution in [3.8, 4) is 5.75 Å². The number of nitrogens with one attached hydrogen (secondary N) is 2. The van der Waals surface area contributed by atoms with Crippen LogP contribution < -0.4 is 14.8 Å². The quantitative estimate of drug-likeness (QED) is 0.787. The van der Waals surface area contributed by atoms with E-state index in [4.69, 9.17) is 4.74 Å². The minimum absolute atomic E-state index is 0.111. The smallest absolute Gasteiger partial charge is 0.256 e. The molecule has 8 heteroatoms. The molecule has 0 aliphatic rings. The molecule has 1 heterocycles. The van der Waals surface area contributed by atoms with Gasteiger partial charge in [-0.1, -0.05) is 6.92 Å². The molecule has 7 nitrogen and oxygen atoms in total. The maximum Gasteiger partial charge on any atom is 0.256 e. The van der Waals surface area contributed by atoms with Crippen LogP contribution in [0.5, 0.6) is 5.75 Å². The van der Waals surface area contributed by atoms with E-state index in [0.717, 1.165) is 0 Å². The number of rotatable bonds is 7. The lowest BCUT2D eigenvalue weighted by atomic mass is 10.2. The van der Waals surface area contributed by atoms with Crippen molar-refractivity contribution in [2.24, 2.45) is 0 Å². The monoisotopic (exact) mass is 363 g/mol. The van der Waals surface area contributed by atoms with Gasteiger partial charge in [-0.2, -0.15) is 0 Å². The van der Waals surface area contributed by atoms with E-state index < -0.39 is 15.9 Å². The predicted octanol–water partition coefficient (Wildman–Crippen LogP) is 2.42. The van der Waals surface area contributed by atoms with Crippen LogP contribution >= 0.6 is 0 Å². The Bertz CT molecular complexity index is 835. The van der Waals surface area contributed by atoms with E-state index in [1.165, 1.54) is 37.6 Å². The van der Waals surface area contributed by atoms with E-state index >= 15 is 0 Å². The zero-order chi connectivity index (χ0) is 18.4. The summed E-state index contributed by atoms with van der Waals surface area (Å²) in [5.74, 6) is 0.328. The second kappa shape index (κ2) is 8.09. The van der Waals surface area contributed by atoms with Crippen LogP contribution in [-0.2, 0) is 10.0 Å². The predicted molar refractivity (Wildman–Crippen MR) is 95.3 cm³/mol. The number of benzene rings is 1. The number of ether oxygens (including phenoxy) is 1. The first-order valence-electron chi connectivity index (χ1n) is 7.80. The summed E-state index contributed by atoms with van der Waals surface area (Å²) in [6.45, 7) is 3.69. The molecule has 0 bridgehead atoms. The Balaban J connectivity index is 2.15. The first kappa shape index (κ1) is 18.9. The van der Waals surface area contributed by atoms with Crippen LogP contribution in [0.15, 0.2) is 47.5 Å². The van der Waals surface area contributed by atoms with Crippen molar-refractivity contribution in [3.63, 3.8) is 0 Å². The van der Waals surface area contributed by atoms with Crippen molar-refractivity contribution >= 4 is 21.7 Å². The number of sulfonamides is 1. The van der Waals surface area contributed by atoms with Gasteiger partial charge in [0, 0.05) is 17.8 Å². The molecule has 2 aromatic rings. The van der Waals surface area contributed by atoms with Gasteiger partial charge in [0.1, 0.15) is 0 Å². The molecular weight excluding hydrogens is 342 g/mol. The van der Waals surface area contributed by atoms with Crippen molar-refractivity contribution in [2.75, 3.05) is 12.4 Å². The SMILES string of the molecule is CCC(C)NS(=O)(=O)c1ccc(C(=O)Nc2ncccc2OC)cc1. The highest BCUT2D eigenvalue weighted by atomic mass is 32.2. The third kappa shape index (κ3) is 4.77. The highest BCUT2D eigenvalue weighted by molar-refractivity contribution is 7.89. The number of amides is 1. The summed E-state index contributed by atoms with van der Waals surface area (Å²) < 4.78 is 32.1. The van der Waals surface area contributed by atoms with Gasteiger partial charge < -0.3 is 10.1 Å². The van der Waals surface area contributed by atoms with Gasteiger partial charge in [-0.05, 0) is 49.7 Å². The van der Waals surface area contributed by atoms with Gasteiger partial charge in [-0.25, -0.2) is 18.1 Å². The molecule has 2 rings (SSSR count). The Kier molecular flexibility index (Phi) is 6.11. The van der Waals surface area contributed by atoms with Crippen molar-refractivity contribution in [2.45, 2.75) is 31.2 Å². The first-order chi connectivity index (χ1) is 11.9. The number of hydrogen-bond donors (Lipinski definition) is 2. The molecule has 1 atom stereocenters. The van der Waals surface area contributed by atoms with Crippen LogP contribution in [0.1, 0.15) is 30.6 Å². The minimum Gasteiger partial charge on any atom is -0.493 e. The average Bonchev–Trinajstić information content (AvgIpc) is 2.61. The third-order valence-electron chi connectivity index (χ3n) is 3.62. The second-order valence-electron chi connectivity index (χ2n) is 5.46. The van der Waals surface area contributed by atoms with E-state index in [9.17, 15) is 13.2 Å². The van der Waals surface area contributed by atoms with E-state index in [-0.39, 0.29) is 10.9 Å². The van der Waals surface area contributed by atoms with E-state index in [1.54, 1.807) is 19.1 Å². The number of carbonyl (C=O) groups is 1. The number of nitrogens with zero attached hydrogens (tertiary/aromatic N) is 1. The Morgan fingerprint density at radius 2 is 1.92 bits per heavy atom. The molecule has 1 aromatic carbocycles. The van der Waals surface area contributed by atoms with Crippen molar-refractivity contribution < 1.29 is 17.9 Å². The first-order valence-corrected chi connectivity index (χ1v) is 9.28. The number of carbonyl (C=O) groups excluding carboxylic acids is 1.